The lowest BCUT2D eigenvalue weighted by atomic mass is 9.98. The summed E-state index contributed by atoms with van der Waals surface area (Å²) in [5.74, 6) is 0.0759. The molecule has 1 N–H and O–H groups in total. The van der Waals surface area contributed by atoms with Crippen molar-refractivity contribution in [1.29, 1.82) is 0 Å². The third-order valence-corrected chi connectivity index (χ3v) is 5.88. The molecule has 0 atom stereocenters. The van der Waals surface area contributed by atoms with Gasteiger partial charge in [-0.25, -0.2) is 4.79 Å². The number of fused-ring (bicyclic) bond motifs is 3. The highest BCUT2D eigenvalue weighted by Crippen LogP contribution is 2.44. The van der Waals surface area contributed by atoms with Crippen LogP contribution < -0.4 is 5.32 Å². The molecule has 4 heteroatoms. The Bertz CT molecular complexity index is 1030. The molecule has 29 heavy (non-hydrogen) atoms. The Morgan fingerprint density at radius 1 is 1.03 bits per heavy atom. The van der Waals surface area contributed by atoms with Crippen molar-refractivity contribution in [3.05, 3.63) is 99.5 Å². The maximum absolute atomic E-state index is 12.2. The van der Waals surface area contributed by atoms with Crippen LogP contribution in [0.1, 0.15) is 28.2 Å². The molecule has 0 heterocycles. The van der Waals surface area contributed by atoms with E-state index in [-0.39, 0.29) is 5.92 Å². The third kappa shape index (κ3) is 4.28. The number of rotatable bonds is 5. The fraction of sp³-hybridized carbons (Fsp3) is 0.160. The smallest absolute Gasteiger partial charge is 0.407 e. The van der Waals surface area contributed by atoms with Gasteiger partial charge in [0, 0.05) is 16.9 Å². The van der Waals surface area contributed by atoms with Gasteiger partial charge in [0.05, 0.1) is 0 Å². The van der Waals surface area contributed by atoms with Crippen LogP contribution in [0.3, 0.4) is 0 Å². The van der Waals surface area contributed by atoms with Crippen LogP contribution in [0.25, 0.3) is 17.2 Å². The molecule has 0 spiro atoms. The molecule has 3 nitrogen and oxygen atoms in total. The minimum absolute atomic E-state index is 0.0759. The molecule has 0 saturated heterocycles. The number of aryl methyl sites for hydroxylation is 1. The molecule has 1 amide bonds. The number of hydrogen-bond donors (Lipinski definition) is 1. The molecule has 0 bridgehead atoms. The van der Waals surface area contributed by atoms with Gasteiger partial charge in [-0.2, -0.15) is 0 Å². The van der Waals surface area contributed by atoms with E-state index < -0.39 is 6.09 Å². The second-order valence-corrected chi connectivity index (χ2v) is 7.99. The Morgan fingerprint density at radius 2 is 1.69 bits per heavy atom. The highest BCUT2D eigenvalue weighted by molar-refractivity contribution is 9.10. The zero-order valence-electron chi connectivity index (χ0n) is 16.2. The molecule has 1 aliphatic rings. The number of benzene rings is 3. The number of hydrogen-bond acceptors (Lipinski definition) is 2. The molecule has 0 saturated carbocycles. The second-order valence-electron chi connectivity index (χ2n) is 7.13. The molecule has 3 aromatic rings. The summed E-state index contributed by atoms with van der Waals surface area (Å²) in [6, 6.07) is 22.8. The predicted octanol–water partition coefficient (Wildman–Crippen LogP) is 6.31. The predicted molar refractivity (Wildman–Crippen MR) is 121 cm³/mol. The molecular weight excluding hydrogens is 426 g/mol. The number of halogens is 1. The summed E-state index contributed by atoms with van der Waals surface area (Å²) in [6.07, 6.45) is 3.50. The quantitative estimate of drug-likeness (QED) is 0.497. The Morgan fingerprint density at radius 3 is 2.38 bits per heavy atom. The molecule has 0 fully saturated rings. The topological polar surface area (TPSA) is 38.3 Å². The van der Waals surface area contributed by atoms with Crippen LogP contribution in [-0.4, -0.2) is 19.2 Å². The molecule has 4 rings (SSSR count). The van der Waals surface area contributed by atoms with Crippen LogP contribution in [0.15, 0.2) is 77.3 Å². The highest BCUT2D eigenvalue weighted by atomic mass is 79.9. The van der Waals surface area contributed by atoms with E-state index in [1.165, 1.54) is 27.8 Å². The van der Waals surface area contributed by atoms with Gasteiger partial charge < -0.3 is 10.1 Å². The average molecular weight is 448 g/mol. The van der Waals surface area contributed by atoms with E-state index in [0.29, 0.717) is 13.2 Å². The number of ether oxygens (including phenoxy) is 1. The lowest BCUT2D eigenvalue weighted by Crippen LogP contribution is -2.26. The number of carbonyl (C=O) groups excluding carboxylic acids is 1. The Balaban J connectivity index is 1.34. The van der Waals surface area contributed by atoms with Gasteiger partial charge in [0.1, 0.15) is 6.61 Å². The van der Waals surface area contributed by atoms with Crippen molar-refractivity contribution in [3.63, 3.8) is 0 Å². The van der Waals surface area contributed by atoms with Crippen LogP contribution in [0.5, 0.6) is 0 Å². The molecule has 1 aliphatic carbocycles. The number of alkyl carbamates (subject to hydrolysis) is 1. The monoisotopic (exact) mass is 447 g/mol. The first kappa shape index (κ1) is 19.5. The van der Waals surface area contributed by atoms with Crippen LogP contribution in [-0.2, 0) is 4.74 Å². The fourth-order valence-corrected chi connectivity index (χ4v) is 4.15. The summed E-state index contributed by atoms with van der Waals surface area (Å²) in [7, 11) is 0. The zero-order chi connectivity index (χ0) is 20.2. The van der Waals surface area contributed by atoms with Crippen LogP contribution in [0.4, 0.5) is 4.79 Å². The Hall–Kier alpha value is -2.85. The standard InChI is InChI=1S/C25H22BrNO2/c1-17-12-13-24(26)18(15-17)7-6-14-27-25(28)29-16-23-21-10-4-2-8-19(21)20-9-3-5-11-22(20)23/h2-13,15,23H,14,16H2,1H3,(H,27,28). The van der Waals surface area contributed by atoms with E-state index in [2.05, 4.69) is 64.6 Å². The lowest BCUT2D eigenvalue weighted by Gasteiger charge is -2.14. The molecule has 0 radical (unpaired) electrons. The van der Waals surface area contributed by atoms with E-state index in [1.54, 1.807) is 0 Å². The van der Waals surface area contributed by atoms with Crippen LogP contribution in [0.2, 0.25) is 0 Å². The normalized spacial score (nSPS) is 12.6. The summed E-state index contributed by atoms with van der Waals surface area (Å²) in [6.45, 7) is 2.79. The van der Waals surface area contributed by atoms with Crippen molar-refractivity contribution in [2.45, 2.75) is 12.8 Å². The van der Waals surface area contributed by atoms with Crippen molar-refractivity contribution in [2.75, 3.05) is 13.2 Å². The molecule has 3 aromatic carbocycles. The summed E-state index contributed by atoms with van der Waals surface area (Å²) in [4.78, 5) is 12.2. The van der Waals surface area contributed by atoms with Crippen molar-refractivity contribution in [3.8, 4) is 11.1 Å². The first-order valence-electron chi connectivity index (χ1n) is 9.65. The number of amides is 1. The lowest BCUT2D eigenvalue weighted by molar-refractivity contribution is 0.144. The summed E-state index contributed by atoms with van der Waals surface area (Å²) >= 11 is 3.54. The second kappa shape index (κ2) is 8.66. The number of nitrogens with one attached hydrogen (secondary N) is 1. The van der Waals surface area contributed by atoms with Gasteiger partial charge in [-0.1, -0.05) is 94.3 Å². The molecule has 0 aromatic heterocycles. The van der Waals surface area contributed by atoms with Gasteiger partial charge in [-0.15, -0.1) is 0 Å². The molecule has 0 aliphatic heterocycles. The maximum Gasteiger partial charge on any atom is 0.407 e. The van der Waals surface area contributed by atoms with E-state index in [9.17, 15) is 4.79 Å². The van der Waals surface area contributed by atoms with E-state index >= 15 is 0 Å². The Kier molecular flexibility index (Phi) is 5.81. The van der Waals surface area contributed by atoms with Gasteiger partial charge in [0.25, 0.3) is 0 Å². The molecular formula is C25H22BrNO2. The largest absolute Gasteiger partial charge is 0.449 e. The van der Waals surface area contributed by atoms with E-state index in [4.69, 9.17) is 4.74 Å². The number of carbonyl (C=O) groups is 1. The minimum atomic E-state index is -0.403. The minimum Gasteiger partial charge on any atom is -0.449 e. The maximum atomic E-state index is 12.2. The van der Waals surface area contributed by atoms with Gasteiger partial charge in [-0.3, -0.25) is 0 Å². The van der Waals surface area contributed by atoms with Gasteiger partial charge in [0.15, 0.2) is 0 Å². The summed E-state index contributed by atoms with van der Waals surface area (Å²) in [5.41, 5.74) is 7.15. The molecule has 0 unspecified atom stereocenters. The van der Waals surface area contributed by atoms with E-state index in [0.717, 1.165) is 10.0 Å². The van der Waals surface area contributed by atoms with Crippen molar-refractivity contribution >= 4 is 28.1 Å². The summed E-state index contributed by atoms with van der Waals surface area (Å²) in [5, 5.41) is 2.80. The van der Waals surface area contributed by atoms with Crippen LogP contribution >= 0.6 is 15.9 Å². The van der Waals surface area contributed by atoms with Crippen LogP contribution in [0, 0.1) is 6.92 Å². The van der Waals surface area contributed by atoms with Gasteiger partial charge in [0.2, 0.25) is 0 Å². The fourth-order valence-electron chi connectivity index (χ4n) is 3.77. The SMILES string of the molecule is Cc1ccc(Br)c(C=CCNC(=O)OCC2c3ccccc3-c3ccccc32)c1. The third-order valence-electron chi connectivity index (χ3n) is 5.16. The van der Waals surface area contributed by atoms with Crippen molar-refractivity contribution in [2.24, 2.45) is 0 Å². The Labute approximate surface area is 179 Å². The first-order valence-corrected chi connectivity index (χ1v) is 10.4. The van der Waals surface area contributed by atoms with Gasteiger partial charge >= 0.3 is 6.09 Å². The molecule has 146 valence electrons. The first-order chi connectivity index (χ1) is 14.1. The van der Waals surface area contributed by atoms with Gasteiger partial charge in [-0.05, 0) is 40.8 Å². The van der Waals surface area contributed by atoms with Crippen molar-refractivity contribution < 1.29 is 9.53 Å². The average Bonchev–Trinajstić information content (AvgIpc) is 3.06. The zero-order valence-corrected chi connectivity index (χ0v) is 17.8. The van der Waals surface area contributed by atoms with Crippen molar-refractivity contribution in [1.82, 2.24) is 5.32 Å². The highest BCUT2D eigenvalue weighted by Gasteiger charge is 2.28. The summed E-state index contributed by atoms with van der Waals surface area (Å²) < 4.78 is 6.57. The van der Waals surface area contributed by atoms with E-state index in [1.807, 2.05) is 42.5 Å².